The van der Waals surface area contributed by atoms with Gasteiger partial charge in [-0.3, -0.25) is 9.69 Å². The number of fused-ring (bicyclic) bond motifs is 2. The van der Waals surface area contributed by atoms with Crippen molar-refractivity contribution in [2.45, 2.75) is 19.9 Å². The molecule has 146 valence electrons. The van der Waals surface area contributed by atoms with E-state index in [2.05, 4.69) is 38.1 Å². The molecular weight excluding hydrogens is 434 g/mol. The van der Waals surface area contributed by atoms with Crippen LogP contribution in [0.3, 0.4) is 0 Å². The van der Waals surface area contributed by atoms with E-state index < -0.39 is 17.5 Å². The Labute approximate surface area is 167 Å². The molecule has 1 aromatic carbocycles. The number of aromatic nitrogens is 1. The fourth-order valence-electron chi connectivity index (χ4n) is 3.33. The monoisotopic (exact) mass is 450 g/mol. The third-order valence-corrected chi connectivity index (χ3v) is 5.47. The number of nitrogens with one attached hydrogen (secondary N) is 1. The SMILES string of the molecule is CCN1CCc2nc3oc(C(=O)Nc4c(F)cc(F)cc4Br)c(N)c3cc2C1. The number of nitrogens with zero attached hydrogens (tertiary/aromatic N) is 2. The van der Waals surface area contributed by atoms with Gasteiger partial charge in [0.2, 0.25) is 11.5 Å². The Hall–Kier alpha value is -2.52. The molecule has 1 aliphatic heterocycles. The number of hydrogen-bond donors (Lipinski definition) is 2. The number of carbonyl (C=O) groups is 1. The van der Waals surface area contributed by atoms with Gasteiger partial charge in [-0.15, -0.1) is 0 Å². The molecule has 3 aromatic rings. The topological polar surface area (TPSA) is 84.4 Å². The number of nitrogens with two attached hydrogens (primary N) is 1. The van der Waals surface area contributed by atoms with Gasteiger partial charge in [0.05, 0.1) is 22.5 Å². The van der Waals surface area contributed by atoms with Crippen LogP contribution in [0.1, 0.15) is 28.7 Å². The Bertz CT molecular complexity index is 1080. The molecule has 1 aliphatic rings. The fraction of sp³-hybridized carbons (Fsp3) is 0.263. The maximum absolute atomic E-state index is 14.0. The van der Waals surface area contributed by atoms with Crippen LogP contribution in [0.15, 0.2) is 27.1 Å². The van der Waals surface area contributed by atoms with Gasteiger partial charge in [-0.1, -0.05) is 6.92 Å². The number of likely N-dealkylation sites (N-methyl/N-ethyl adjacent to an activating group) is 1. The van der Waals surface area contributed by atoms with E-state index in [-0.39, 0.29) is 27.3 Å². The molecule has 1 amide bonds. The Morgan fingerprint density at radius 2 is 2.18 bits per heavy atom. The smallest absolute Gasteiger partial charge is 0.293 e. The quantitative estimate of drug-likeness (QED) is 0.627. The normalized spacial score (nSPS) is 14.3. The maximum atomic E-state index is 14.0. The predicted octanol–water partition coefficient (Wildman–Crippen LogP) is 4.08. The second-order valence-corrected chi connectivity index (χ2v) is 7.46. The number of benzene rings is 1. The standard InChI is InChI=1S/C19H17BrF2N4O2/c1-2-26-4-3-14-9(8-26)5-11-15(23)17(28-19(11)24-14)18(27)25-16-12(20)6-10(21)7-13(16)22/h5-7H,2-4,8,23H2,1H3,(H,25,27). The number of furan rings is 1. The molecule has 9 heteroatoms. The summed E-state index contributed by atoms with van der Waals surface area (Å²) < 4.78 is 32.9. The Balaban J connectivity index is 1.70. The van der Waals surface area contributed by atoms with Gasteiger partial charge >= 0.3 is 0 Å². The summed E-state index contributed by atoms with van der Waals surface area (Å²) in [6.45, 7) is 4.69. The number of carbonyl (C=O) groups excluding carboxylic acids is 1. The molecule has 0 saturated heterocycles. The van der Waals surface area contributed by atoms with Crippen LogP contribution in [0.2, 0.25) is 0 Å². The second kappa shape index (κ2) is 7.14. The van der Waals surface area contributed by atoms with Crippen molar-refractivity contribution in [1.82, 2.24) is 9.88 Å². The minimum atomic E-state index is -0.914. The minimum Gasteiger partial charge on any atom is -0.430 e. The van der Waals surface area contributed by atoms with E-state index in [1.54, 1.807) is 0 Å². The van der Waals surface area contributed by atoms with E-state index in [0.717, 1.165) is 43.4 Å². The molecule has 0 radical (unpaired) electrons. The van der Waals surface area contributed by atoms with Crippen molar-refractivity contribution in [3.8, 4) is 0 Å². The first-order valence-corrected chi connectivity index (χ1v) is 9.55. The Morgan fingerprint density at radius 1 is 1.39 bits per heavy atom. The van der Waals surface area contributed by atoms with E-state index in [1.165, 1.54) is 0 Å². The van der Waals surface area contributed by atoms with E-state index in [9.17, 15) is 13.6 Å². The summed E-state index contributed by atoms with van der Waals surface area (Å²) in [5.41, 5.74) is 8.30. The number of anilines is 2. The van der Waals surface area contributed by atoms with Crippen molar-refractivity contribution in [1.29, 1.82) is 0 Å². The lowest BCUT2D eigenvalue weighted by atomic mass is 10.0. The first-order valence-electron chi connectivity index (χ1n) is 8.76. The minimum absolute atomic E-state index is 0.0706. The van der Waals surface area contributed by atoms with E-state index >= 15 is 0 Å². The number of pyridine rings is 1. The number of nitrogen functional groups attached to an aromatic ring is 1. The number of hydrogen-bond acceptors (Lipinski definition) is 5. The van der Waals surface area contributed by atoms with Gasteiger partial charge in [-0.05, 0) is 40.2 Å². The van der Waals surface area contributed by atoms with Crippen LogP contribution in [0.25, 0.3) is 11.1 Å². The zero-order chi connectivity index (χ0) is 20.0. The van der Waals surface area contributed by atoms with Crippen molar-refractivity contribution in [3.63, 3.8) is 0 Å². The Morgan fingerprint density at radius 3 is 2.89 bits per heavy atom. The lowest BCUT2D eigenvalue weighted by Gasteiger charge is -2.26. The van der Waals surface area contributed by atoms with Gasteiger partial charge in [0, 0.05) is 30.0 Å². The molecule has 28 heavy (non-hydrogen) atoms. The molecule has 0 spiro atoms. The van der Waals surface area contributed by atoms with E-state index in [0.29, 0.717) is 11.5 Å². The molecule has 0 unspecified atom stereocenters. The first-order chi connectivity index (χ1) is 13.4. The molecule has 0 fully saturated rings. The average molecular weight is 451 g/mol. The van der Waals surface area contributed by atoms with Crippen LogP contribution in [0, 0.1) is 11.6 Å². The first kappa shape index (κ1) is 18.8. The molecule has 3 heterocycles. The van der Waals surface area contributed by atoms with Crippen LogP contribution < -0.4 is 11.1 Å². The summed E-state index contributed by atoms with van der Waals surface area (Å²) in [4.78, 5) is 19.4. The van der Waals surface area contributed by atoms with Gasteiger partial charge in [-0.25, -0.2) is 13.8 Å². The molecule has 0 saturated carbocycles. The van der Waals surface area contributed by atoms with Crippen LogP contribution in [-0.2, 0) is 13.0 Å². The van der Waals surface area contributed by atoms with Crippen molar-refractivity contribution >= 4 is 44.3 Å². The van der Waals surface area contributed by atoms with Crippen molar-refractivity contribution in [2.75, 3.05) is 24.1 Å². The number of rotatable bonds is 3. The van der Waals surface area contributed by atoms with Crippen LogP contribution >= 0.6 is 15.9 Å². The molecule has 2 aromatic heterocycles. The molecule has 0 aliphatic carbocycles. The number of halogens is 3. The highest BCUT2D eigenvalue weighted by molar-refractivity contribution is 9.10. The maximum Gasteiger partial charge on any atom is 0.293 e. The van der Waals surface area contributed by atoms with Gasteiger partial charge in [-0.2, -0.15) is 0 Å². The largest absolute Gasteiger partial charge is 0.430 e. The van der Waals surface area contributed by atoms with Crippen LogP contribution in [0.5, 0.6) is 0 Å². The second-order valence-electron chi connectivity index (χ2n) is 6.61. The highest BCUT2D eigenvalue weighted by Gasteiger charge is 2.25. The van der Waals surface area contributed by atoms with Gasteiger partial charge in [0.15, 0.2) is 5.82 Å². The van der Waals surface area contributed by atoms with Gasteiger partial charge in [0.25, 0.3) is 5.91 Å². The molecule has 0 bridgehead atoms. The highest BCUT2D eigenvalue weighted by atomic mass is 79.9. The lowest BCUT2D eigenvalue weighted by molar-refractivity contribution is 0.0999. The summed E-state index contributed by atoms with van der Waals surface area (Å²) in [5, 5.41) is 2.91. The lowest BCUT2D eigenvalue weighted by Crippen LogP contribution is -2.30. The molecule has 0 atom stereocenters. The van der Waals surface area contributed by atoms with Crippen LogP contribution in [0.4, 0.5) is 20.2 Å². The van der Waals surface area contributed by atoms with Crippen molar-refractivity contribution < 1.29 is 18.0 Å². The zero-order valence-electron chi connectivity index (χ0n) is 15.0. The third kappa shape index (κ3) is 3.24. The molecular formula is C19H17BrF2N4O2. The summed E-state index contributed by atoms with van der Waals surface area (Å²) in [6, 6.07) is 3.62. The van der Waals surface area contributed by atoms with E-state index in [4.69, 9.17) is 10.2 Å². The average Bonchev–Trinajstić information content (AvgIpc) is 2.98. The van der Waals surface area contributed by atoms with Gasteiger partial charge < -0.3 is 15.5 Å². The fourth-order valence-corrected chi connectivity index (χ4v) is 3.83. The molecule has 4 rings (SSSR count). The summed E-state index contributed by atoms with van der Waals surface area (Å²) >= 11 is 3.04. The van der Waals surface area contributed by atoms with E-state index in [1.807, 2.05) is 6.07 Å². The van der Waals surface area contributed by atoms with Gasteiger partial charge in [0.1, 0.15) is 5.82 Å². The summed E-state index contributed by atoms with van der Waals surface area (Å²) in [7, 11) is 0. The Kier molecular flexibility index (Phi) is 4.80. The molecule has 3 N–H and O–H groups in total. The number of amides is 1. The van der Waals surface area contributed by atoms with Crippen molar-refractivity contribution in [2.24, 2.45) is 0 Å². The highest BCUT2D eigenvalue weighted by Crippen LogP contribution is 2.33. The molecule has 6 nitrogen and oxygen atoms in total. The van der Waals surface area contributed by atoms with Crippen molar-refractivity contribution in [3.05, 3.63) is 51.3 Å². The summed E-state index contributed by atoms with van der Waals surface area (Å²) in [5.74, 6) is -2.58. The summed E-state index contributed by atoms with van der Waals surface area (Å²) in [6.07, 6.45) is 0.787. The van der Waals surface area contributed by atoms with Crippen LogP contribution in [-0.4, -0.2) is 28.9 Å². The third-order valence-electron chi connectivity index (χ3n) is 4.85. The zero-order valence-corrected chi connectivity index (χ0v) is 16.6. The predicted molar refractivity (Wildman–Crippen MR) is 105 cm³/mol.